The monoisotopic (exact) mass is 608 g/mol. The third-order valence-electron chi connectivity index (χ3n) is 5.69. The zero-order valence-electron chi connectivity index (χ0n) is 18.4. The maximum absolute atomic E-state index is 14.2. The van der Waals surface area contributed by atoms with Gasteiger partial charge in [-0.1, -0.05) is 0 Å². The molecular weight excluding hydrogens is 595 g/mol. The van der Waals surface area contributed by atoms with Crippen LogP contribution >= 0.6 is 0 Å². The van der Waals surface area contributed by atoms with Gasteiger partial charge < -0.3 is 9.80 Å². The number of piperazine rings is 1. The van der Waals surface area contributed by atoms with E-state index in [1.54, 1.807) is 0 Å². The molecule has 0 N–H and O–H groups in total. The van der Waals surface area contributed by atoms with Gasteiger partial charge in [-0.05, 0) is 24.3 Å². The van der Waals surface area contributed by atoms with Gasteiger partial charge in [0.15, 0.2) is 0 Å². The number of rotatable bonds is 9. The first-order chi connectivity index (χ1) is 17.3. The third kappa shape index (κ3) is 4.70. The van der Waals surface area contributed by atoms with E-state index < -0.39 is 85.8 Å². The molecule has 1 aromatic rings. The standard InChI is InChI=1S/C19H13F17N2O/c20-9-1-3-10(4-2-9)37-5-7-38(8-6-37)12(39)14(25,26)16(29,30)18(33,34)19(35,36)17(31,32)15(27,28)13(23,24)11(21)22/h1-4,11H,5-8H2. The van der Waals surface area contributed by atoms with Crippen LogP contribution in [0.15, 0.2) is 24.3 Å². The summed E-state index contributed by atoms with van der Waals surface area (Å²) >= 11 is 0. The van der Waals surface area contributed by atoms with Crippen LogP contribution in [0.4, 0.5) is 80.3 Å². The average Bonchev–Trinajstić information content (AvgIpc) is 2.83. The zero-order chi connectivity index (χ0) is 30.6. The van der Waals surface area contributed by atoms with E-state index in [0.717, 1.165) is 24.3 Å². The fourth-order valence-corrected chi connectivity index (χ4v) is 3.29. The van der Waals surface area contributed by atoms with Gasteiger partial charge in [-0.2, -0.15) is 61.5 Å². The van der Waals surface area contributed by atoms with Gasteiger partial charge in [0.05, 0.1) is 0 Å². The minimum atomic E-state index is -8.56. The van der Waals surface area contributed by atoms with Crippen LogP contribution in [0.3, 0.4) is 0 Å². The molecule has 1 aromatic carbocycles. The summed E-state index contributed by atoms with van der Waals surface area (Å²) in [6.45, 7) is -3.09. The van der Waals surface area contributed by atoms with Crippen molar-refractivity contribution in [1.82, 2.24) is 4.90 Å². The Kier molecular flexibility index (Phi) is 8.12. The molecule has 1 aliphatic heterocycles. The molecule has 0 aromatic heterocycles. The number of halogens is 17. The van der Waals surface area contributed by atoms with Crippen molar-refractivity contribution in [3.8, 4) is 0 Å². The van der Waals surface area contributed by atoms with Crippen molar-refractivity contribution in [3.63, 3.8) is 0 Å². The topological polar surface area (TPSA) is 23.6 Å². The zero-order valence-corrected chi connectivity index (χ0v) is 18.4. The van der Waals surface area contributed by atoms with Crippen molar-refractivity contribution in [2.75, 3.05) is 31.1 Å². The van der Waals surface area contributed by atoms with Gasteiger partial charge in [-0.3, -0.25) is 4.79 Å². The van der Waals surface area contributed by atoms with Crippen molar-refractivity contribution >= 4 is 11.6 Å². The Morgan fingerprint density at radius 3 is 1.41 bits per heavy atom. The highest BCUT2D eigenvalue weighted by atomic mass is 19.4. The van der Waals surface area contributed by atoms with Crippen LogP contribution in [-0.2, 0) is 4.79 Å². The van der Waals surface area contributed by atoms with Crippen LogP contribution in [0.1, 0.15) is 0 Å². The molecule has 0 aliphatic carbocycles. The van der Waals surface area contributed by atoms with Gasteiger partial charge in [0.2, 0.25) is 0 Å². The summed E-state index contributed by atoms with van der Waals surface area (Å²) in [5.74, 6) is -60.3. The van der Waals surface area contributed by atoms with Gasteiger partial charge in [0, 0.05) is 31.9 Å². The maximum atomic E-state index is 14.2. The highest BCUT2D eigenvalue weighted by molar-refractivity contribution is 5.85. The largest absolute Gasteiger partial charge is 0.392 e. The van der Waals surface area contributed by atoms with Crippen LogP contribution in [0.25, 0.3) is 0 Å². The second-order valence-corrected chi connectivity index (χ2v) is 8.13. The summed E-state index contributed by atoms with van der Waals surface area (Å²) in [6.07, 6.45) is -5.93. The summed E-state index contributed by atoms with van der Waals surface area (Å²) in [4.78, 5) is 12.8. The Labute approximate surface area is 206 Å². The lowest BCUT2D eigenvalue weighted by Gasteiger charge is -2.43. The first-order valence-corrected chi connectivity index (χ1v) is 10.0. The smallest absolute Gasteiger partial charge is 0.368 e. The Morgan fingerprint density at radius 1 is 0.615 bits per heavy atom. The van der Waals surface area contributed by atoms with Gasteiger partial charge in [0.1, 0.15) is 5.82 Å². The van der Waals surface area contributed by atoms with E-state index in [0.29, 0.717) is 0 Å². The van der Waals surface area contributed by atoms with Crippen molar-refractivity contribution in [3.05, 3.63) is 30.1 Å². The predicted molar refractivity (Wildman–Crippen MR) is 95.8 cm³/mol. The lowest BCUT2D eigenvalue weighted by Crippen LogP contribution is -2.75. The number of anilines is 1. The number of benzene rings is 1. The van der Waals surface area contributed by atoms with E-state index in [1.165, 1.54) is 4.90 Å². The van der Waals surface area contributed by atoms with Gasteiger partial charge in [-0.25, -0.2) is 13.2 Å². The highest BCUT2D eigenvalue weighted by Crippen LogP contribution is 2.62. The van der Waals surface area contributed by atoms with E-state index in [4.69, 9.17) is 0 Å². The summed E-state index contributed by atoms with van der Waals surface area (Å²) in [5, 5.41) is 0. The first kappa shape index (κ1) is 32.5. The summed E-state index contributed by atoms with van der Waals surface area (Å²) in [6, 6.07) is 4.15. The highest BCUT2D eigenvalue weighted by Gasteiger charge is 2.94. The molecule has 1 aliphatic rings. The Hall–Kier alpha value is -2.70. The molecule has 0 atom stereocenters. The predicted octanol–water partition coefficient (Wildman–Crippen LogP) is 6.19. The van der Waals surface area contributed by atoms with E-state index in [2.05, 4.69) is 0 Å². The molecule has 0 saturated carbocycles. The number of nitrogens with zero attached hydrogens (tertiary/aromatic N) is 2. The number of carbonyl (C=O) groups excluding carboxylic acids is 1. The molecular formula is C19H13F17N2O. The van der Waals surface area contributed by atoms with Gasteiger partial charge in [-0.15, -0.1) is 0 Å². The molecule has 1 saturated heterocycles. The molecule has 0 spiro atoms. The number of carbonyl (C=O) groups is 1. The Bertz CT molecular complexity index is 1030. The third-order valence-corrected chi connectivity index (χ3v) is 5.69. The minimum absolute atomic E-state index is 0.190. The van der Waals surface area contributed by atoms with Crippen LogP contribution in [0.5, 0.6) is 0 Å². The van der Waals surface area contributed by atoms with Crippen LogP contribution in [0.2, 0.25) is 0 Å². The quantitative estimate of drug-likeness (QED) is 0.313. The van der Waals surface area contributed by atoms with Gasteiger partial charge >= 0.3 is 47.9 Å². The number of amides is 1. The van der Waals surface area contributed by atoms with Crippen molar-refractivity contribution in [2.24, 2.45) is 0 Å². The van der Waals surface area contributed by atoms with Crippen LogP contribution < -0.4 is 4.90 Å². The lowest BCUT2D eigenvalue weighted by atomic mass is 9.89. The molecule has 3 nitrogen and oxygen atoms in total. The Balaban J connectivity index is 2.37. The maximum Gasteiger partial charge on any atom is 0.392 e. The fraction of sp³-hybridized carbons (Fsp3) is 0.632. The molecule has 0 unspecified atom stereocenters. The van der Waals surface area contributed by atoms with E-state index >= 15 is 0 Å². The molecule has 39 heavy (non-hydrogen) atoms. The first-order valence-electron chi connectivity index (χ1n) is 10.0. The molecule has 224 valence electrons. The summed E-state index contributed by atoms with van der Waals surface area (Å²) < 4.78 is 228. The Morgan fingerprint density at radius 2 is 1.00 bits per heavy atom. The molecule has 1 heterocycles. The molecule has 0 radical (unpaired) electrons. The van der Waals surface area contributed by atoms with Crippen molar-refractivity contribution in [1.29, 1.82) is 0 Å². The second-order valence-electron chi connectivity index (χ2n) is 8.13. The van der Waals surface area contributed by atoms with Gasteiger partial charge in [0.25, 0.3) is 5.91 Å². The number of alkyl halides is 16. The average molecular weight is 608 g/mol. The van der Waals surface area contributed by atoms with Crippen LogP contribution in [0, 0.1) is 5.82 Å². The molecule has 1 amide bonds. The van der Waals surface area contributed by atoms with E-state index in [1.807, 2.05) is 0 Å². The molecule has 1 fully saturated rings. The molecule has 2 rings (SSSR count). The molecule has 0 bridgehead atoms. The van der Waals surface area contributed by atoms with E-state index in [-0.39, 0.29) is 10.6 Å². The lowest BCUT2D eigenvalue weighted by molar-refractivity contribution is -0.444. The summed E-state index contributed by atoms with van der Waals surface area (Å²) in [7, 11) is 0. The normalized spacial score (nSPS) is 17.2. The van der Waals surface area contributed by atoms with Crippen molar-refractivity contribution in [2.45, 2.75) is 47.9 Å². The fourth-order valence-electron chi connectivity index (χ4n) is 3.29. The molecule has 20 heteroatoms. The minimum Gasteiger partial charge on any atom is -0.368 e. The number of hydrogen-bond donors (Lipinski definition) is 0. The van der Waals surface area contributed by atoms with Crippen molar-refractivity contribution < 1.29 is 79.4 Å². The number of hydrogen-bond acceptors (Lipinski definition) is 2. The van der Waals surface area contributed by atoms with Crippen LogP contribution in [-0.4, -0.2) is 84.9 Å². The SMILES string of the molecule is O=C(N1CCN(c2ccc(F)cc2)CC1)C(F)(F)C(F)(F)C(F)(F)C(F)(F)C(F)(F)C(F)(F)C(F)(F)C(F)F. The van der Waals surface area contributed by atoms with E-state index in [9.17, 15) is 79.4 Å². The second kappa shape index (κ2) is 9.74. The summed E-state index contributed by atoms with van der Waals surface area (Å²) in [5.41, 5.74) is 0.190.